The van der Waals surface area contributed by atoms with Gasteiger partial charge in [0.2, 0.25) is 5.91 Å². The molecule has 3 amide bonds. The van der Waals surface area contributed by atoms with Crippen molar-refractivity contribution >= 4 is 23.4 Å². The fourth-order valence-electron chi connectivity index (χ4n) is 3.09. The molecule has 0 radical (unpaired) electrons. The molecule has 1 aliphatic heterocycles. The van der Waals surface area contributed by atoms with Crippen molar-refractivity contribution in [3.8, 4) is 0 Å². The van der Waals surface area contributed by atoms with E-state index < -0.39 is 0 Å². The molecule has 0 unspecified atom stereocenters. The molecular weight excluding hydrogens is 342 g/mol. The topological polar surface area (TPSA) is 69.7 Å². The van der Waals surface area contributed by atoms with E-state index >= 15 is 0 Å². The van der Waals surface area contributed by atoms with Gasteiger partial charge in [-0.05, 0) is 49.2 Å². The molecule has 2 aromatic carbocycles. The summed E-state index contributed by atoms with van der Waals surface area (Å²) in [6.07, 6.45) is 2.10. The molecule has 6 heteroatoms. The highest BCUT2D eigenvalue weighted by Gasteiger charge is 2.19. The smallest absolute Gasteiger partial charge is 0.254 e. The first kappa shape index (κ1) is 18.6. The van der Waals surface area contributed by atoms with Crippen LogP contribution >= 0.6 is 0 Å². The van der Waals surface area contributed by atoms with Crippen LogP contribution in [0.3, 0.4) is 0 Å². The molecule has 3 rings (SSSR count). The van der Waals surface area contributed by atoms with E-state index in [0.29, 0.717) is 16.8 Å². The summed E-state index contributed by atoms with van der Waals surface area (Å²) in [5.74, 6) is -0.476. The van der Waals surface area contributed by atoms with Gasteiger partial charge in [0.05, 0.1) is 6.54 Å². The molecule has 1 heterocycles. The fraction of sp³-hybridized carbons (Fsp3) is 0.286. The Morgan fingerprint density at radius 2 is 1.56 bits per heavy atom. The van der Waals surface area contributed by atoms with E-state index in [0.717, 1.165) is 25.9 Å². The molecule has 0 saturated carbocycles. The van der Waals surface area contributed by atoms with E-state index in [2.05, 4.69) is 5.32 Å². The van der Waals surface area contributed by atoms with E-state index in [1.165, 1.54) is 4.90 Å². The molecule has 140 valence electrons. The van der Waals surface area contributed by atoms with Gasteiger partial charge in [0.15, 0.2) is 0 Å². The Bertz CT molecular complexity index is 812. The van der Waals surface area contributed by atoms with Gasteiger partial charge in [0.25, 0.3) is 11.8 Å². The number of hydrogen-bond acceptors (Lipinski definition) is 3. The monoisotopic (exact) mass is 365 g/mol. The number of likely N-dealkylation sites (tertiary alicyclic amines) is 1. The molecule has 0 spiro atoms. The van der Waals surface area contributed by atoms with Gasteiger partial charge in [-0.15, -0.1) is 0 Å². The van der Waals surface area contributed by atoms with Crippen LogP contribution in [0.5, 0.6) is 0 Å². The second-order valence-corrected chi connectivity index (χ2v) is 6.65. The predicted molar refractivity (Wildman–Crippen MR) is 104 cm³/mol. The van der Waals surface area contributed by atoms with Crippen LogP contribution in [0.15, 0.2) is 54.6 Å². The number of anilines is 1. The number of rotatable bonds is 5. The molecule has 0 aromatic heterocycles. The van der Waals surface area contributed by atoms with Crippen molar-refractivity contribution in [2.45, 2.75) is 12.8 Å². The van der Waals surface area contributed by atoms with Gasteiger partial charge in [-0.3, -0.25) is 14.4 Å². The fourth-order valence-corrected chi connectivity index (χ4v) is 3.09. The summed E-state index contributed by atoms with van der Waals surface area (Å²) in [5, 5.41) is 2.76. The van der Waals surface area contributed by atoms with Crippen molar-refractivity contribution in [1.29, 1.82) is 0 Å². The Morgan fingerprint density at radius 1 is 0.926 bits per heavy atom. The highest BCUT2D eigenvalue weighted by Crippen LogP contribution is 2.15. The summed E-state index contributed by atoms with van der Waals surface area (Å²) in [7, 11) is 1.59. The van der Waals surface area contributed by atoms with Crippen LogP contribution in [0, 0.1) is 0 Å². The Hall–Kier alpha value is -3.15. The maximum atomic E-state index is 12.3. The lowest BCUT2D eigenvalue weighted by Crippen LogP contribution is -2.34. The lowest BCUT2D eigenvalue weighted by molar-refractivity contribution is -0.116. The number of carbonyl (C=O) groups excluding carboxylic acids is 3. The van der Waals surface area contributed by atoms with Gasteiger partial charge < -0.3 is 15.1 Å². The molecule has 1 saturated heterocycles. The van der Waals surface area contributed by atoms with Crippen LogP contribution in [0.2, 0.25) is 0 Å². The van der Waals surface area contributed by atoms with Crippen LogP contribution in [0.25, 0.3) is 0 Å². The molecule has 1 aliphatic rings. The Morgan fingerprint density at radius 3 is 2.19 bits per heavy atom. The summed E-state index contributed by atoms with van der Waals surface area (Å²) in [6.45, 7) is 1.56. The first-order valence-corrected chi connectivity index (χ1v) is 9.04. The molecule has 6 nitrogen and oxygen atoms in total. The van der Waals surface area contributed by atoms with Crippen LogP contribution in [-0.4, -0.2) is 54.2 Å². The van der Waals surface area contributed by atoms with Gasteiger partial charge in [0, 0.05) is 37.0 Å². The second kappa shape index (κ2) is 8.49. The zero-order valence-corrected chi connectivity index (χ0v) is 15.4. The third-order valence-electron chi connectivity index (χ3n) is 4.56. The standard InChI is InChI=1S/C21H23N3O3/c1-23(20(26)16-7-3-2-4-8-16)15-19(25)22-18-11-9-17(10-12-18)21(27)24-13-5-6-14-24/h2-4,7-12H,5-6,13-15H2,1H3,(H,22,25). The maximum absolute atomic E-state index is 12.3. The number of carbonyl (C=O) groups is 3. The molecule has 0 atom stereocenters. The van der Waals surface area contributed by atoms with E-state index in [-0.39, 0.29) is 24.3 Å². The molecule has 0 bridgehead atoms. The molecule has 27 heavy (non-hydrogen) atoms. The van der Waals surface area contributed by atoms with E-state index in [4.69, 9.17) is 0 Å². The zero-order chi connectivity index (χ0) is 19.2. The summed E-state index contributed by atoms with van der Waals surface area (Å²) in [5.41, 5.74) is 1.75. The number of nitrogens with one attached hydrogen (secondary N) is 1. The summed E-state index contributed by atoms with van der Waals surface area (Å²) < 4.78 is 0. The number of benzene rings is 2. The lowest BCUT2D eigenvalue weighted by Gasteiger charge is -2.17. The molecule has 0 aliphatic carbocycles. The highest BCUT2D eigenvalue weighted by atomic mass is 16.2. The Balaban J connectivity index is 1.54. The van der Waals surface area contributed by atoms with Crippen molar-refractivity contribution in [3.63, 3.8) is 0 Å². The maximum Gasteiger partial charge on any atom is 0.254 e. The predicted octanol–water partition coefficient (Wildman–Crippen LogP) is 2.63. The minimum atomic E-state index is -0.291. The lowest BCUT2D eigenvalue weighted by atomic mass is 10.2. The first-order valence-electron chi connectivity index (χ1n) is 9.04. The SMILES string of the molecule is CN(CC(=O)Nc1ccc(C(=O)N2CCCC2)cc1)C(=O)c1ccccc1. The normalized spacial score (nSPS) is 13.3. The highest BCUT2D eigenvalue weighted by molar-refractivity contribution is 5.99. The van der Waals surface area contributed by atoms with Gasteiger partial charge in [-0.25, -0.2) is 0 Å². The molecule has 1 N–H and O–H groups in total. The summed E-state index contributed by atoms with van der Waals surface area (Å²) in [4.78, 5) is 40.0. The van der Waals surface area contributed by atoms with E-state index in [9.17, 15) is 14.4 Å². The van der Waals surface area contributed by atoms with Crippen molar-refractivity contribution in [3.05, 3.63) is 65.7 Å². The molecule has 1 fully saturated rings. The minimum Gasteiger partial charge on any atom is -0.339 e. The quantitative estimate of drug-likeness (QED) is 0.886. The summed E-state index contributed by atoms with van der Waals surface area (Å²) in [6, 6.07) is 15.7. The Labute approximate surface area is 158 Å². The van der Waals surface area contributed by atoms with E-state index in [1.807, 2.05) is 11.0 Å². The Kier molecular flexibility index (Phi) is 5.86. The van der Waals surface area contributed by atoms with Gasteiger partial charge >= 0.3 is 0 Å². The van der Waals surface area contributed by atoms with Crippen molar-refractivity contribution in [2.75, 3.05) is 32.0 Å². The van der Waals surface area contributed by atoms with Crippen molar-refractivity contribution < 1.29 is 14.4 Å². The average molecular weight is 365 g/mol. The number of hydrogen-bond donors (Lipinski definition) is 1. The van der Waals surface area contributed by atoms with E-state index in [1.54, 1.807) is 55.6 Å². The largest absolute Gasteiger partial charge is 0.339 e. The van der Waals surface area contributed by atoms with Gasteiger partial charge in [0.1, 0.15) is 0 Å². The third kappa shape index (κ3) is 4.73. The van der Waals surface area contributed by atoms with Crippen LogP contribution in [0.1, 0.15) is 33.6 Å². The zero-order valence-electron chi connectivity index (χ0n) is 15.4. The first-order chi connectivity index (χ1) is 13.0. The van der Waals surface area contributed by atoms with Crippen LogP contribution in [0.4, 0.5) is 5.69 Å². The number of likely N-dealkylation sites (N-methyl/N-ethyl adjacent to an activating group) is 1. The van der Waals surface area contributed by atoms with Crippen LogP contribution < -0.4 is 5.32 Å². The average Bonchev–Trinajstić information content (AvgIpc) is 3.23. The molecule has 2 aromatic rings. The van der Waals surface area contributed by atoms with Crippen LogP contribution in [-0.2, 0) is 4.79 Å². The minimum absolute atomic E-state index is 0.0265. The van der Waals surface area contributed by atoms with Gasteiger partial charge in [-0.2, -0.15) is 0 Å². The second-order valence-electron chi connectivity index (χ2n) is 6.65. The number of nitrogens with zero attached hydrogens (tertiary/aromatic N) is 2. The van der Waals surface area contributed by atoms with Crippen molar-refractivity contribution in [2.24, 2.45) is 0 Å². The van der Waals surface area contributed by atoms with Crippen molar-refractivity contribution in [1.82, 2.24) is 9.80 Å². The number of amides is 3. The summed E-state index contributed by atoms with van der Waals surface area (Å²) >= 11 is 0. The van der Waals surface area contributed by atoms with Gasteiger partial charge in [-0.1, -0.05) is 18.2 Å². The third-order valence-corrected chi connectivity index (χ3v) is 4.56. The molecular formula is C21H23N3O3.